The average molecular weight is 326 g/mol. The lowest BCUT2D eigenvalue weighted by atomic mass is 9.95. The molecule has 4 nitrogen and oxygen atoms in total. The summed E-state index contributed by atoms with van der Waals surface area (Å²) in [6.45, 7) is 3.42. The van der Waals surface area contributed by atoms with Crippen LogP contribution in [0.2, 0.25) is 0 Å². The minimum atomic E-state index is 0.0315. The lowest BCUT2D eigenvalue weighted by molar-refractivity contribution is -0.132. The van der Waals surface area contributed by atoms with Crippen LogP contribution in [0.5, 0.6) is 0 Å². The highest BCUT2D eigenvalue weighted by molar-refractivity contribution is 5.92. The summed E-state index contributed by atoms with van der Waals surface area (Å²) >= 11 is 0. The summed E-state index contributed by atoms with van der Waals surface area (Å²) in [5.41, 5.74) is 1.02. The Bertz CT molecular complexity index is 599. The fraction of sp³-hybridized carbons (Fsp3) is 0.500. The molecule has 0 radical (unpaired) electrons. The topological polar surface area (TPSA) is 49.4 Å². The van der Waals surface area contributed by atoms with E-state index < -0.39 is 0 Å². The van der Waals surface area contributed by atoms with E-state index in [0.717, 1.165) is 18.4 Å². The number of hydrogen-bond acceptors (Lipinski definition) is 2. The second kappa shape index (κ2) is 7.65. The van der Waals surface area contributed by atoms with Gasteiger partial charge in [0.15, 0.2) is 0 Å². The van der Waals surface area contributed by atoms with Gasteiger partial charge in [0, 0.05) is 31.1 Å². The Hall–Kier alpha value is -2.10. The number of carbonyl (C=O) groups is 2. The lowest BCUT2D eigenvalue weighted by Crippen LogP contribution is -2.44. The molecule has 3 rings (SSSR count). The van der Waals surface area contributed by atoms with Gasteiger partial charge in [0.25, 0.3) is 0 Å². The molecule has 1 saturated heterocycles. The van der Waals surface area contributed by atoms with Crippen LogP contribution in [-0.2, 0) is 9.59 Å². The molecule has 1 aromatic carbocycles. The molecular weight excluding hydrogens is 300 g/mol. The third-order valence-electron chi connectivity index (χ3n) is 5.09. The Kier molecular flexibility index (Phi) is 5.34. The molecule has 0 aromatic heterocycles. The number of nitrogens with zero attached hydrogens (tertiary/aromatic N) is 1. The smallest absolute Gasteiger partial charge is 0.246 e. The van der Waals surface area contributed by atoms with E-state index in [1.807, 2.05) is 41.3 Å². The Balaban J connectivity index is 1.45. The van der Waals surface area contributed by atoms with E-state index in [1.165, 1.54) is 12.8 Å². The van der Waals surface area contributed by atoms with Crippen LogP contribution in [-0.4, -0.2) is 35.8 Å². The van der Waals surface area contributed by atoms with E-state index in [4.69, 9.17) is 0 Å². The van der Waals surface area contributed by atoms with Crippen LogP contribution in [0.15, 0.2) is 36.4 Å². The van der Waals surface area contributed by atoms with Gasteiger partial charge in [-0.05, 0) is 50.2 Å². The van der Waals surface area contributed by atoms with E-state index >= 15 is 0 Å². The van der Waals surface area contributed by atoms with Crippen molar-refractivity contribution < 1.29 is 9.59 Å². The molecule has 1 N–H and O–H groups in total. The van der Waals surface area contributed by atoms with Crippen molar-refractivity contribution in [3.8, 4) is 0 Å². The highest BCUT2D eigenvalue weighted by Gasteiger charge is 2.32. The first-order chi connectivity index (χ1) is 11.6. The number of piperidine rings is 1. The van der Waals surface area contributed by atoms with E-state index in [2.05, 4.69) is 12.2 Å². The molecule has 4 heteroatoms. The fourth-order valence-corrected chi connectivity index (χ4v) is 3.26. The van der Waals surface area contributed by atoms with Gasteiger partial charge in [-0.3, -0.25) is 9.59 Å². The number of amides is 2. The van der Waals surface area contributed by atoms with Crippen LogP contribution in [0.4, 0.5) is 0 Å². The van der Waals surface area contributed by atoms with Gasteiger partial charge in [-0.25, -0.2) is 0 Å². The molecule has 0 bridgehead atoms. The van der Waals surface area contributed by atoms with Gasteiger partial charge in [-0.2, -0.15) is 0 Å². The molecule has 1 unspecified atom stereocenters. The maximum atomic E-state index is 12.3. The van der Waals surface area contributed by atoms with Crippen LogP contribution >= 0.6 is 0 Å². The Morgan fingerprint density at radius 3 is 2.42 bits per heavy atom. The normalized spacial score (nSPS) is 20.1. The molecule has 24 heavy (non-hydrogen) atoms. The summed E-state index contributed by atoms with van der Waals surface area (Å²) < 4.78 is 0. The molecule has 1 atom stereocenters. The van der Waals surface area contributed by atoms with Crippen LogP contribution in [0, 0.1) is 11.8 Å². The molecule has 2 fully saturated rings. The second-order valence-electron chi connectivity index (χ2n) is 6.98. The van der Waals surface area contributed by atoms with Crippen molar-refractivity contribution in [3.63, 3.8) is 0 Å². The van der Waals surface area contributed by atoms with Gasteiger partial charge < -0.3 is 10.2 Å². The summed E-state index contributed by atoms with van der Waals surface area (Å²) in [5, 5.41) is 3.15. The van der Waals surface area contributed by atoms with E-state index in [0.29, 0.717) is 25.0 Å². The van der Waals surface area contributed by atoms with Crippen LogP contribution < -0.4 is 5.32 Å². The molecule has 128 valence electrons. The lowest BCUT2D eigenvalue weighted by Gasteiger charge is -2.31. The average Bonchev–Trinajstić information content (AvgIpc) is 3.46. The zero-order valence-electron chi connectivity index (χ0n) is 14.3. The molecule has 2 amide bonds. The Morgan fingerprint density at radius 2 is 1.79 bits per heavy atom. The summed E-state index contributed by atoms with van der Waals surface area (Å²) in [6, 6.07) is 10.1. The maximum Gasteiger partial charge on any atom is 0.246 e. The SMILES string of the molecule is CC(NC(=O)C1CCN(C(=O)/C=C/c2ccccc2)CC1)C1CC1. The highest BCUT2D eigenvalue weighted by atomic mass is 16.2. The third kappa shape index (κ3) is 4.47. The van der Waals surface area contributed by atoms with E-state index in [-0.39, 0.29) is 17.7 Å². The zero-order chi connectivity index (χ0) is 16.9. The molecule has 1 saturated carbocycles. The summed E-state index contributed by atoms with van der Waals surface area (Å²) in [5.74, 6) is 0.928. The van der Waals surface area contributed by atoms with Crippen LogP contribution in [0.3, 0.4) is 0 Å². The minimum absolute atomic E-state index is 0.0315. The fourth-order valence-electron chi connectivity index (χ4n) is 3.26. The van der Waals surface area contributed by atoms with Crippen molar-refractivity contribution >= 4 is 17.9 Å². The summed E-state index contributed by atoms with van der Waals surface area (Å²) in [4.78, 5) is 26.4. The third-order valence-corrected chi connectivity index (χ3v) is 5.09. The van der Waals surface area contributed by atoms with Gasteiger partial charge in [0.2, 0.25) is 11.8 Å². The molecule has 2 aliphatic rings. The van der Waals surface area contributed by atoms with Crippen molar-refractivity contribution in [1.29, 1.82) is 0 Å². The molecule has 1 heterocycles. The van der Waals surface area contributed by atoms with Crippen LogP contribution in [0.25, 0.3) is 6.08 Å². The first-order valence-corrected chi connectivity index (χ1v) is 8.96. The number of carbonyl (C=O) groups excluding carboxylic acids is 2. The zero-order valence-corrected chi connectivity index (χ0v) is 14.3. The Labute approximate surface area is 143 Å². The van der Waals surface area contributed by atoms with Crippen molar-refractivity contribution in [1.82, 2.24) is 10.2 Å². The maximum absolute atomic E-state index is 12.3. The van der Waals surface area contributed by atoms with Crippen molar-refractivity contribution in [2.75, 3.05) is 13.1 Å². The molecule has 1 aliphatic carbocycles. The molecule has 0 spiro atoms. The number of hydrogen-bond donors (Lipinski definition) is 1. The highest BCUT2D eigenvalue weighted by Crippen LogP contribution is 2.32. The number of nitrogens with one attached hydrogen (secondary N) is 1. The van der Waals surface area contributed by atoms with Crippen molar-refractivity contribution in [2.45, 2.75) is 38.6 Å². The standard InChI is InChI=1S/C20H26N2O2/c1-15(17-8-9-17)21-20(24)18-11-13-22(14-12-18)19(23)10-7-16-5-3-2-4-6-16/h2-7,10,15,17-18H,8-9,11-14H2,1H3,(H,21,24)/b10-7+. The Morgan fingerprint density at radius 1 is 1.12 bits per heavy atom. The second-order valence-corrected chi connectivity index (χ2v) is 6.98. The van der Waals surface area contributed by atoms with Gasteiger partial charge in [-0.15, -0.1) is 0 Å². The molecular formula is C20H26N2O2. The predicted octanol–water partition coefficient (Wildman–Crippen LogP) is 2.85. The largest absolute Gasteiger partial charge is 0.353 e. The van der Waals surface area contributed by atoms with E-state index in [9.17, 15) is 9.59 Å². The van der Waals surface area contributed by atoms with Gasteiger partial charge >= 0.3 is 0 Å². The van der Waals surface area contributed by atoms with Crippen molar-refractivity contribution in [3.05, 3.63) is 42.0 Å². The first kappa shape index (κ1) is 16.7. The number of likely N-dealkylation sites (tertiary alicyclic amines) is 1. The summed E-state index contributed by atoms with van der Waals surface area (Å²) in [6.07, 6.45) is 7.47. The van der Waals surface area contributed by atoms with Crippen molar-refractivity contribution in [2.24, 2.45) is 11.8 Å². The summed E-state index contributed by atoms with van der Waals surface area (Å²) in [7, 11) is 0. The monoisotopic (exact) mass is 326 g/mol. The minimum Gasteiger partial charge on any atom is -0.353 e. The number of rotatable bonds is 5. The number of benzene rings is 1. The van der Waals surface area contributed by atoms with Gasteiger partial charge in [0.05, 0.1) is 0 Å². The quantitative estimate of drug-likeness (QED) is 0.846. The first-order valence-electron chi connectivity index (χ1n) is 8.96. The molecule has 1 aliphatic heterocycles. The molecule has 1 aromatic rings. The van der Waals surface area contributed by atoms with E-state index in [1.54, 1.807) is 6.08 Å². The van der Waals surface area contributed by atoms with Gasteiger partial charge in [0.1, 0.15) is 0 Å². The predicted molar refractivity (Wildman–Crippen MR) is 95.1 cm³/mol. The van der Waals surface area contributed by atoms with Crippen LogP contribution in [0.1, 0.15) is 38.2 Å². The van der Waals surface area contributed by atoms with Gasteiger partial charge in [-0.1, -0.05) is 30.3 Å².